The summed E-state index contributed by atoms with van der Waals surface area (Å²) in [6.45, 7) is 3.88. The van der Waals surface area contributed by atoms with Gasteiger partial charge < -0.3 is 10.4 Å². The first kappa shape index (κ1) is 13.2. The number of hydrogen-bond donors (Lipinski definition) is 2. The van der Waals surface area contributed by atoms with Crippen molar-refractivity contribution in [3.63, 3.8) is 0 Å². The van der Waals surface area contributed by atoms with Gasteiger partial charge >= 0.3 is 0 Å². The number of halogens is 1. The Kier molecular flexibility index (Phi) is 4.96. The van der Waals surface area contributed by atoms with Gasteiger partial charge in [-0.05, 0) is 30.2 Å². The van der Waals surface area contributed by atoms with Crippen molar-refractivity contribution in [1.82, 2.24) is 5.32 Å². The topological polar surface area (TPSA) is 49.3 Å². The van der Waals surface area contributed by atoms with E-state index in [0.29, 0.717) is 5.56 Å². The molecule has 4 heteroatoms. The monoisotopic (exact) mass is 285 g/mol. The number of hydrogen-bond acceptors (Lipinski definition) is 2. The fourth-order valence-electron chi connectivity index (χ4n) is 1.28. The van der Waals surface area contributed by atoms with E-state index in [1.165, 1.54) is 0 Å². The standard InChI is InChI=1S/C12H16BrNO2/c1-8(2)11(7-15)14-12(16)9-3-5-10(13)6-4-9/h3-6,8,11,15H,7H2,1-2H3,(H,14,16). The molecule has 1 rings (SSSR count). The number of amides is 1. The molecule has 0 aliphatic carbocycles. The molecule has 0 radical (unpaired) electrons. The van der Waals surface area contributed by atoms with E-state index in [4.69, 9.17) is 5.11 Å². The maximum atomic E-state index is 11.8. The van der Waals surface area contributed by atoms with Crippen LogP contribution in [0.4, 0.5) is 0 Å². The molecule has 0 saturated heterocycles. The minimum Gasteiger partial charge on any atom is -0.394 e. The molecule has 1 aromatic carbocycles. The molecule has 0 saturated carbocycles. The van der Waals surface area contributed by atoms with E-state index in [2.05, 4.69) is 21.2 Å². The summed E-state index contributed by atoms with van der Waals surface area (Å²) in [5.74, 6) is 0.0599. The summed E-state index contributed by atoms with van der Waals surface area (Å²) < 4.78 is 0.937. The fraction of sp³-hybridized carbons (Fsp3) is 0.417. The van der Waals surface area contributed by atoms with Crippen molar-refractivity contribution >= 4 is 21.8 Å². The summed E-state index contributed by atoms with van der Waals surface area (Å²) in [7, 11) is 0. The molecular weight excluding hydrogens is 270 g/mol. The van der Waals surface area contributed by atoms with Gasteiger partial charge in [0.2, 0.25) is 0 Å². The minimum absolute atomic E-state index is 0.0417. The highest BCUT2D eigenvalue weighted by Crippen LogP contribution is 2.11. The normalized spacial score (nSPS) is 12.6. The van der Waals surface area contributed by atoms with Crippen LogP contribution in [0.15, 0.2) is 28.7 Å². The van der Waals surface area contributed by atoms with Gasteiger partial charge in [0.1, 0.15) is 0 Å². The Hall–Kier alpha value is -0.870. The van der Waals surface area contributed by atoms with Gasteiger partial charge in [-0.25, -0.2) is 0 Å². The van der Waals surface area contributed by atoms with Crippen LogP contribution in [0.1, 0.15) is 24.2 Å². The van der Waals surface area contributed by atoms with Crippen molar-refractivity contribution in [3.05, 3.63) is 34.3 Å². The highest BCUT2D eigenvalue weighted by atomic mass is 79.9. The summed E-state index contributed by atoms with van der Waals surface area (Å²) >= 11 is 3.31. The van der Waals surface area contributed by atoms with Gasteiger partial charge in [0.05, 0.1) is 12.6 Å². The lowest BCUT2D eigenvalue weighted by Gasteiger charge is -2.19. The second kappa shape index (κ2) is 6.01. The number of carbonyl (C=O) groups is 1. The van der Waals surface area contributed by atoms with Crippen molar-refractivity contribution in [2.45, 2.75) is 19.9 Å². The lowest BCUT2D eigenvalue weighted by molar-refractivity contribution is 0.0897. The van der Waals surface area contributed by atoms with Crippen LogP contribution in [0.25, 0.3) is 0 Å². The predicted octanol–water partition coefficient (Wildman–Crippen LogP) is 2.20. The predicted molar refractivity (Wildman–Crippen MR) is 67.3 cm³/mol. The van der Waals surface area contributed by atoms with Crippen LogP contribution in [0.5, 0.6) is 0 Å². The Morgan fingerprint density at radius 1 is 1.38 bits per heavy atom. The van der Waals surface area contributed by atoms with Gasteiger partial charge in [0.25, 0.3) is 5.91 Å². The van der Waals surface area contributed by atoms with E-state index < -0.39 is 0 Å². The second-order valence-electron chi connectivity index (χ2n) is 4.01. The van der Waals surface area contributed by atoms with Crippen molar-refractivity contribution < 1.29 is 9.90 Å². The number of aliphatic hydroxyl groups excluding tert-OH is 1. The van der Waals surface area contributed by atoms with Crippen LogP contribution in [-0.2, 0) is 0 Å². The molecule has 1 aromatic rings. The van der Waals surface area contributed by atoms with Gasteiger partial charge in [-0.3, -0.25) is 4.79 Å². The van der Waals surface area contributed by atoms with E-state index >= 15 is 0 Å². The Bertz CT molecular complexity index is 349. The van der Waals surface area contributed by atoms with E-state index in [1.54, 1.807) is 12.1 Å². The van der Waals surface area contributed by atoms with Crippen LogP contribution in [0, 0.1) is 5.92 Å². The third kappa shape index (κ3) is 3.61. The lowest BCUT2D eigenvalue weighted by Crippen LogP contribution is -2.41. The molecule has 0 heterocycles. The maximum Gasteiger partial charge on any atom is 0.251 e. The zero-order chi connectivity index (χ0) is 12.1. The molecule has 0 aliphatic heterocycles. The molecular formula is C12H16BrNO2. The number of carbonyl (C=O) groups excluding carboxylic acids is 1. The van der Waals surface area contributed by atoms with Gasteiger partial charge in [0, 0.05) is 10.0 Å². The first-order chi connectivity index (χ1) is 7.54. The smallest absolute Gasteiger partial charge is 0.251 e. The van der Waals surface area contributed by atoms with Crippen LogP contribution < -0.4 is 5.32 Å². The first-order valence-corrected chi connectivity index (χ1v) is 6.01. The molecule has 3 nitrogen and oxygen atoms in total. The third-order valence-corrected chi connectivity index (χ3v) is 2.95. The Morgan fingerprint density at radius 3 is 2.38 bits per heavy atom. The van der Waals surface area contributed by atoms with Crippen molar-refractivity contribution in [3.8, 4) is 0 Å². The molecule has 0 aliphatic rings. The number of nitrogens with one attached hydrogen (secondary N) is 1. The van der Waals surface area contributed by atoms with Crippen molar-refractivity contribution in [2.24, 2.45) is 5.92 Å². The minimum atomic E-state index is -0.198. The van der Waals surface area contributed by atoms with Gasteiger partial charge in [-0.1, -0.05) is 29.8 Å². The van der Waals surface area contributed by atoms with Gasteiger partial charge in [-0.15, -0.1) is 0 Å². The Labute approximate surface area is 104 Å². The molecule has 2 N–H and O–H groups in total. The zero-order valence-electron chi connectivity index (χ0n) is 9.40. The molecule has 1 atom stereocenters. The number of aliphatic hydroxyl groups is 1. The third-order valence-electron chi connectivity index (χ3n) is 2.42. The van der Waals surface area contributed by atoms with E-state index in [1.807, 2.05) is 26.0 Å². The average Bonchev–Trinajstić information content (AvgIpc) is 2.26. The van der Waals surface area contributed by atoms with Crippen molar-refractivity contribution in [1.29, 1.82) is 0 Å². The summed E-state index contributed by atoms with van der Waals surface area (Å²) in [4.78, 5) is 11.8. The quantitative estimate of drug-likeness (QED) is 0.891. The van der Waals surface area contributed by atoms with Gasteiger partial charge in [-0.2, -0.15) is 0 Å². The molecule has 16 heavy (non-hydrogen) atoms. The summed E-state index contributed by atoms with van der Waals surface area (Å²) in [6.07, 6.45) is 0. The van der Waals surface area contributed by atoms with E-state index in [0.717, 1.165) is 4.47 Å². The molecule has 0 bridgehead atoms. The zero-order valence-corrected chi connectivity index (χ0v) is 11.0. The van der Waals surface area contributed by atoms with Crippen LogP contribution >= 0.6 is 15.9 Å². The SMILES string of the molecule is CC(C)C(CO)NC(=O)c1ccc(Br)cc1. The first-order valence-electron chi connectivity index (χ1n) is 5.22. The Balaban J connectivity index is 2.68. The maximum absolute atomic E-state index is 11.8. The molecule has 0 fully saturated rings. The largest absolute Gasteiger partial charge is 0.394 e. The van der Waals surface area contributed by atoms with Crippen molar-refractivity contribution in [2.75, 3.05) is 6.61 Å². The highest BCUT2D eigenvalue weighted by molar-refractivity contribution is 9.10. The summed E-state index contributed by atoms with van der Waals surface area (Å²) in [5, 5.41) is 11.9. The number of rotatable bonds is 4. The highest BCUT2D eigenvalue weighted by Gasteiger charge is 2.15. The second-order valence-corrected chi connectivity index (χ2v) is 4.93. The van der Waals surface area contributed by atoms with Gasteiger partial charge in [0.15, 0.2) is 0 Å². The summed E-state index contributed by atoms with van der Waals surface area (Å²) in [6, 6.07) is 6.93. The van der Waals surface area contributed by atoms with E-state index in [-0.39, 0.29) is 24.5 Å². The molecule has 0 spiro atoms. The molecule has 1 unspecified atom stereocenters. The average molecular weight is 286 g/mol. The fourth-order valence-corrected chi connectivity index (χ4v) is 1.54. The number of benzene rings is 1. The summed E-state index contributed by atoms with van der Waals surface area (Å²) in [5.41, 5.74) is 0.599. The molecule has 88 valence electrons. The molecule has 1 amide bonds. The Morgan fingerprint density at radius 2 is 1.94 bits per heavy atom. The van der Waals surface area contributed by atoms with Crippen LogP contribution in [0.2, 0.25) is 0 Å². The molecule has 0 aromatic heterocycles. The lowest BCUT2D eigenvalue weighted by atomic mass is 10.0. The van der Waals surface area contributed by atoms with Crippen LogP contribution in [0.3, 0.4) is 0 Å². The van der Waals surface area contributed by atoms with Crippen LogP contribution in [-0.4, -0.2) is 23.7 Å². The van der Waals surface area contributed by atoms with E-state index in [9.17, 15) is 4.79 Å².